The van der Waals surface area contributed by atoms with Crippen molar-refractivity contribution in [3.05, 3.63) is 6.20 Å². The lowest BCUT2D eigenvalue weighted by molar-refractivity contribution is -0.174. The molecule has 0 spiro atoms. The SMILES string of the molecule is Nc1cn(CCOCC(F)(F)F)nn1. The zero-order chi connectivity index (χ0) is 10.6. The van der Waals surface area contributed by atoms with Crippen LogP contribution in [0.5, 0.6) is 0 Å². The Morgan fingerprint density at radius 2 is 2.21 bits per heavy atom. The lowest BCUT2D eigenvalue weighted by Gasteiger charge is -2.06. The number of nitrogens with two attached hydrogens (primary N) is 1. The van der Waals surface area contributed by atoms with E-state index in [0.29, 0.717) is 0 Å². The molecule has 5 nitrogen and oxygen atoms in total. The minimum Gasteiger partial charge on any atom is -0.381 e. The van der Waals surface area contributed by atoms with Crippen molar-refractivity contribution in [2.24, 2.45) is 0 Å². The summed E-state index contributed by atoms with van der Waals surface area (Å²) in [7, 11) is 0. The van der Waals surface area contributed by atoms with E-state index < -0.39 is 12.8 Å². The van der Waals surface area contributed by atoms with E-state index in [4.69, 9.17) is 5.73 Å². The molecule has 14 heavy (non-hydrogen) atoms. The summed E-state index contributed by atoms with van der Waals surface area (Å²) < 4.78 is 40.5. The van der Waals surface area contributed by atoms with Gasteiger partial charge >= 0.3 is 6.18 Å². The Kier molecular flexibility index (Phi) is 3.28. The van der Waals surface area contributed by atoms with Gasteiger partial charge in [-0.25, -0.2) is 4.68 Å². The topological polar surface area (TPSA) is 66.0 Å². The molecule has 1 aromatic heterocycles. The first-order valence-electron chi connectivity index (χ1n) is 3.77. The van der Waals surface area contributed by atoms with Gasteiger partial charge in [0.15, 0.2) is 5.82 Å². The summed E-state index contributed by atoms with van der Waals surface area (Å²) in [5.41, 5.74) is 5.24. The predicted molar refractivity (Wildman–Crippen MR) is 41.3 cm³/mol. The molecular weight excluding hydrogens is 201 g/mol. The number of ether oxygens (including phenoxy) is 1. The lowest BCUT2D eigenvalue weighted by Crippen LogP contribution is -2.19. The Balaban J connectivity index is 2.16. The average Bonchev–Trinajstić information content (AvgIpc) is 2.44. The third kappa shape index (κ3) is 4.08. The minimum atomic E-state index is -4.29. The van der Waals surface area contributed by atoms with E-state index in [1.807, 2.05) is 0 Å². The minimum absolute atomic E-state index is 0.0810. The van der Waals surface area contributed by atoms with E-state index in [-0.39, 0.29) is 19.0 Å². The van der Waals surface area contributed by atoms with Crippen LogP contribution < -0.4 is 5.73 Å². The quantitative estimate of drug-likeness (QED) is 0.732. The first-order valence-corrected chi connectivity index (χ1v) is 3.77. The molecule has 0 fully saturated rings. The number of nitrogen functional groups attached to an aromatic ring is 1. The molecule has 0 unspecified atom stereocenters. The van der Waals surface area contributed by atoms with Gasteiger partial charge in [-0.3, -0.25) is 0 Å². The number of hydrogen-bond donors (Lipinski definition) is 1. The molecule has 0 radical (unpaired) electrons. The van der Waals surface area contributed by atoms with Crippen LogP contribution in [-0.4, -0.2) is 34.4 Å². The average molecular weight is 210 g/mol. The first kappa shape index (κ1) is 10.8. The maximum atomic E-state index is 11.6. The molecule has 2 N–H and O–H groups in total. The van der Waals surface area contributed by atoms with Crippen LogP contribution in [0.4, 0.5) is 19.0 Å². The molecular formula is C6H9F3N4O. The Morgan fingerprint density at radius 3 is 2.71 bits per heavy atom. The largest absolute Gasteiger partial charge is 0.411 e. The third-order valence-electron chi connectivity index (χ3n) is 1.29. The van der Waals surface area contributed by atoms with Gasteiger partial charge in [0.05, 0.1) is 19.3 Å². The van der Waals surface area contributed by atoms with Crippen LogP contribution in [0.2, 0.25) is 0 Å². The molecule has 0 aromatic carbocycles. The molecule has 0 atom stereocenters. The molecule has 0 amide bonds. The van der Waals surface area contributed by atoms with E-state index in [1.54, 1.807) is 0 Å². The number of hydrogen-bond acceptors (Lipinski definition) is 4. The van der Waals surface area contributed by atoms with Gasteiger partial charge < -0.3 is 10.5 Å². The second kappa shape index (κ2) is 4.27. The van der Waals surface area contributed by atoms with Crippen molar-refractivity contribution >= 4 is 5.82 Å². The van der Waals surface area contributed by atoms with Gasteiger partial charge in [-0.05, 0) is 0 Å². The van der Waals surface area contributed by atoms with E-state index in [2.05, 4.69) is 15.0 Å². The van der Waals surface area contributed by atoms with Gasteiger partial charge in [0.25, 0.3) is 0 Å². The molecule has 1 aromatic rings. The fourth-order valence-corrected chi connectivity index (χ4v) is 0.769. The summed E-state index contributed by atoms with van der Waals surface area (Å²) in [5, 5.41) is 6.99. The maximum Gasteiger partial charge on any atom is 0.411 e. The highest BCUT2D eigenvalue weighted by Gasteiger charge is 2.27. The van der Waals surface area contributed by atoms with E-state index >= 15 is 0 Å². The molecule has 8 heteroatoms. The van der Waals surface area contributed by atoms with Crippen LogP contribution in [0.15, 0.2) is 6.20 Å². The number of aromatic nitrogens is 3. The summed E-state index contributed by atoms with van der Waals surface area (Å²) in [5.74, 6) is 0.223. The summed E-state index contributed by atoms with van der Waals surface area (Å²) in [4.78, 5) is 0. The molecule has 0 aliphatic heterocycles. The van der Waals surface area contributed by atoms with Crippen molar-refractivity contribution in [3.63, 3.8) is 0 Å². The van der Waals surface area contributed by atoms with Crippen molar-refractivity contribution < 1.29 is 17.9 Å². The summed E-state index contributed by atoms with van der Waals surface area (Å²) in [6, 6.07) is 0. The third-order valence-corrected chi connectivity index (χ3v) is 1.29. The second-order valence-corrected chi connectivity index (χ2v) is 2.57. The van der Waals surface area contributed by atoms with E-state index in [9.17, 15) is 13.2 Å². The Morgan fingerprint density at radius 1 is 1.50 bits per heavy atom. The maximum absolute atomic E-state index is 11.6. The van der Waals surface area contributed by atoms with Crippen LogP contribution >= 0.6 is 0 Å². The molecule has 80 valence electrons. The van der Waals surface area contributed by atoms with Gasteiger partial charge in [-0.15, -0.1) is 5.10 Å². The normalized spacial score (nSPS) is 11.9. The number of anilines is 1. The number of nitrogens with zero attached hydrogens (tertiary/aromatic N) is 3. The highest BCUT2D eigenvalue weighted by molar-refractivity contribution is 5.19. The van der Waals surface area contributed by atoms with Crippen molar-refractivity contribution in [2.75, 3.05) is 18.9 Å². The molecule has 1 heterocycles. The number of rotatable bonds is 4. The van der Waals surface area contributed by atoms with Crippen LogP contribution in [0.25, 0.3) is 0 Å². The standard InChI is InChI=1S/C6H9F3N4O/c7-6(8,9)4-14-2-1-13-3-5(10)11-12-13/h3H,1-2,4,10H2. The molecule has 0 bridgehead atoms. The summed E-state index contributed by atoms with van der Waals surface area (Å²) in [6.45, 7) is -1.14. The highest BCUT2D eigenvalue weighted by atomic mass is 19.4. The lowest BCUT2D eigenvalue weighted by atomic mass is 10.6. The smallest absolute Gasteiger partial charge is 0.381 e. The van der Waals surface area contributed by atoms with Crippen molar-refractivity contribution in [3.8, 4) is 0 Å². The fourth-order valence-electron chi connectivity index (χ4n) is 0.769. The van der Waals surface area contributed by atoms with Gasteiger partial charge in [0.1, 0.15) is 6.61 Å². The predicted octanol–water partition coefficient (Wildman–Crippen LogP) is 0.439. The molecule has 0 saturated carbocycles. The Labute approximate surface area is 77.6 Å². The van der Waals surface area contributed by atoms with Gasteiger partial charge in [-0.2, -0.15) is 13.2 Å². The zero-order valence-corrected chi connectivity index (χ0v) is 7.16. The first-order chi connectivity index (χ1) is 6.47. The van der Waals surface area contributed by atoms with Crippen molar-refractivity contribution in [1.82, 2.24) is 15.0 Å². The molecule has 0 saturated heterocycles. The number of alkyl halides is 3. The van der Waals surface area contributed by atoms with Gasteiger partial charge in [0, 0.05) is 0 Å². The van der Waals surface area contributed by atoms with Crippen LogP contribution in [0, 0.1) is 0 Å². The molecule has 0 aliphatic carbocycles. The van der Waals surface area contributed by atoms with Gasteiger partial charge in [-0.1, -0.05) is 5.21 Å². The Bertz CT molecular complexity index is 285. The highest BCUT2D eigenvalue weighted by Crippen LogP contribution is 2.14. The van der Waals surface area contributed by atoms with Crippen LogP contribution in [0.1, 0.15) is 0 Å². The monoisotopic (exact) mass is 210 g/mol. The van der Waals surface area contributed by atoms with Crippen molar-refractivity contribution in [2.45, 2.75) is 12.7 Å². The summed E-state index contributed by atoms with van der Waals surface area (Å²) in [6.07, 6.45) is -2.88. The summed E-state index contributed by atoms with van der Waals surface area (Å²) >= 11 is 0. The number of halogens is 3. The van der Waals surface area contributed by atoms with E-state index in [0.717, 1.165) is 0 Å². The van der Waals surface area contributed by atoms with Crippen LogP contribution in [-0.2, 0) is 11.3 Å². The molecule has 1 rings (SSSR count). The zero-order valence-electron chi connectivity index (χ0n) is 7.16. The molecule has 0 aliphatic rings. The van der Waals surface area contributed by atoms with Crippen molar-refractivity contribution in [1.29, 1.82) is 0 Å². The van der Waals surface area contributed by atoms with E-state index in [1.165, 1.54) is 10.9 Å². The Hall–Kier alpha value is -1.31. The fraction of sp³-hybridized carbons (Fsp3) is 0.667. The van der Waals surface area contributed by atoms with Gasteiger partial charge in [0.2, 0.25) is 0 Å². The van der Waals surface area contributed by atoms with Crippen LogP contribution in [0.3, 0.4) is 0 Å². The second-order valence-electron chi connectivity index (χ2n) is 2.57.